The summed E-state index contributed by atoms with van der Waals surface area (Å²) < 4.78 is 30.9. The molecule has 2 aromatic heterocycles. The predicted molar refractivity (Wildman–Crippen MR) is 217 cm³/mol. The fourth-order valence-corrected chi connectivity index (χ4v) is 9.52. The van der Waals surface area contributed by atoms with E-state index in [0.717, 1.165) is 5.39 Å². The van der Waals surface area contributed by atoms with Gasteiger partial charge in [-0.05, 0) is 67.1 Å². The van der Waals surface area contributed by atoms with Gasteiger partial charge in [-0.2, -0.15) is 0 Å². The molecule has 2 aromatic rings. The summed E-state index contributed by atoms with van der Waals surface area (Å²) in [5, 5.41) is 26.5. The third kappa shape index (κ3) is 9.64. The van der Waals surface area contributed by atoms with E-state index in [1.54, 1.807) is 60.0 Å². The van der Waals surface area contributed by atoms with E-state index in [4.69, 9.17) is 23.7 Å². The number of fused-ring (bicyclic) bond motifs is 1. The smallest absolute Gasteiger partial charge is 0.316 e. The van der Waals surface area contributed by atoms with E-state index in [0.29, 0.717) is 43.6 Å². The largest absolute Gasteiger partial charge is 0.506 e. The van der Waals surface area contributed by atoms with Crippen molar-refractivity contribution in [2.45, 2.75) is 141 Å². The second-order valence-corrected chi connectivity index (χ2v) is 17.6. The summed E-state index contributed by atoms with van der Waals surface area (Å²) in [6, 6.07) is 0.459. The number of likely N-dealkylation sites (tertiary alicyclic amines) is 1. The molecule has 0 radical (unpaired) electrons. The number of likely N-dealkylation sites (N-methyl/N-ethyl adjacent to an activating group) is 1. The molecule has 0 amide bonds. The van der Waals surface area contributed by atoms with Crippen LogP contribution in [0.4, 0.5) is 0 Å². The van der Waals surface area contributed by atoms with Crippen LogP contribution in [0.5, 0.6) is 5.75 Å². The summed E-state index contributed by atoms with van der Waals surface area (Å²) in [5.74, 6) is -5.13. The lowest BCUT2D eigenvalue weighted by molar-refractivity contribution is -0.295. The van der Waals surface area contributed by atoms with E-state index in [2.05, 4.69) is 20.2 Å². The van der Waals surface area contributed by atoms with Crippen molar-refractivity contribution in [2.24, 2.45) is 23.7 Å². The number of aromatic hydroxyl groups is 1. The first-order chi connectivity index (χ1) is 27.8. The second kappa shape index (κ2) is 19.0. The Morgan fingerprint density at radius 1 is 1.07 bits per heavy atom. The lowest BCUT2D eigenvalue weighted by atomic mass is 9.73. The SMILES string of the molecule is CC[C@H]1OC(=O)[C@H](C)C(=O)[C@H](C)[C@@H](O[C@@H]2O[C@H](C)C[C@H](N(C)C)[C@H]2O)[C@](C)(OC)C[C@@H](C)C(=O)[C@H](C)[C@H](NC2CN(Cc3c(O)cnc4ccncc34)C2)[C@]1(C)OC=O. The number of carbonyl (C=O) groups is 4. The number of hydrogen-bond acceptors (Lipinski definition) is 16. The van der Waals surface area contributed by atoms with Crippen LogP contribution >= 0.6 is 0 Å². The molecule has 5 heterocycles. The quantitative estimate of drug-likeness (QED) is 0.170. The van der Waals surface area contributed by atoms with Crippen molar-refractivity contribution >= 4 is 34.9 Å². The minimum Gasteiger partial charge on any atom is -0.506 e. The highest BCUT2D eigenvalue weighted by Gasteiger charge is 2.54. The number of Topliss-reactive ketones (excluding diaryl/α,β-unsaturated/α-hetero) is 2. The van der Waals surface area contributed by atoms with Crippen molar-refractivity contribution < 1.29 is 53.1 Å². The average molecular weight is 828 g/mol. The molecule has 3 fully saturated rings. The van der Waals surface area contributed by atoms with Gasteiger partial charge in [0.1, 0.15) is 29.7 Å². The molecule has 3 aliphatic heterocycles. The van der Waals surface area contributed by atoms with Crippen LogP contribution in [0, 0.1) is 23.7 Å². The minimum atomic E-state index is -1.55. The van der Waals surface area contributed by atoms with Crippen LogP contribution in [0.25, 0.3) is 10.9 Å². The summed E-state index contributed by atoms with van der Waals surface area (Å²) in [4.78, 5) is 68.0. The van der Waals surface area contributed by atoms with Crippen LogP contribution in [-0.2, 0) is 49.4 Å². The van der Waals surface area contributed by atoms with Crippen molar-refractivity contribution in [3.8, 4) is 5.75 Å². The summed E-state index contributed by atoms with van der Waals surface area (Å²) in [7, 11) is 5.21. The van der Waals surface area contributed by atoms with E-state index in [1.807, 2.05) is 25.9 Å². The van der Waals surface area contributed by atoms with Gasteiger partial charge in [-0.25, -0.2) is 0 Å². The number of aliphatic hydroxyl groups excluding tert-OH is 1. The summed E-state index contributed by atoms with van der Waals surface area (Å²) >= 11 is 0. The third-order valence-electron chi connectivity index (χ3n) is 13.2. The minimum absolute atomic E-state index is 0.0632. The van der Waals surface area contributed by atoms with Crippen LogP contribution in [0.15, 0.2) is 24.7 Å². The highest BCUT2D eigenvalue weighted by atomic mass is 16.7. The van der Waals surface area contributed by atoms with Crippen molar-refractivity contribution in [2.75, 3.05) is 34.3 Å². The summed E-state index contributed by atoms with van der Waals surface area (Å²) in [6.45, 7) is 15.5. The molecule has 3 aliphatic rings. The number of aliphatic hydroxyl groups is 1. The Balaban J connectivity index is 1.48. The van der Waals surface area contributed by atoms with Crippen LogP contribution in [0.3, 0.4) is 0 Å². The number of nitrogens with zero attached hydrogens (tertiary/aromatic N) is 4. The standard InChI is InChI=1S/C43H65N5O11/c1-12-34-43(8,56-22-49)38(46-28-19-48(20-28)21-30-29-17-44-14-13-31(29)45-18-33(30)50)25(4)35(51)23(2)16-42(7,55-11)39(26(5)36(52)27(6)40(54)58-34)59-41-37(53)32(47(9)10)15-24(3)57-41/h13-14,17-18,22-28,32,34,37-39,41,46,50,53H,12,15-16,19-21H2,1-11H3/t23-,24-,25+,26+,27-,32+,34-,37-,38+,39-,41+,42-,43-/m1/s1. The first-order valence-corrected chi connectivity index (χ1v) is 20.8. The normalized spacial score (nSPS) is 37.2. The number of ketones is 2. The average Bonchev–Trinajstić information content (AvgIpc) is 3.19. The zero-order valence-corrected chi connectivity index (χ0v) is 36.4. The fraction of sp³-hybridized carbons (Fsp3) is 0.721. The lowest BCUT2D eigenvalue weighted by Gasteiger charge is -2.49. The van der Waals surface area contributed by atoms with E-state index >= 15 is 0 Å². The highest BCUT2D eigenvalue weighted by molar-refractivity contribution is 6.00. The van der Waals surface area contributed by atoms with Gasteiger partial charge in [0.25, 0.3) is 6.47 Å². The molecule has 5 rings (SSSR count). The van der Waals surface area contributed by atoms with E-state index < -0.39 is 77.3 Å². The number of cyclic esters (lactones) is 1. The van der Waals surface area contributed by atoms with E-state index in [9.17, 15) is 29.4 Å². The predicted octanol–water partition coefficient (Wildman–Crippen LogP) is 3.03. The van der Waals surface area contributed by atoms with Crippen molar-refractivity contribution in [1.29, 1.82) is 0 Å². The van der Waals surface area contributed by atoms with Crippen molar-refractivity contribution in [3.63, 3.8) is 0 Å². The van der Waals surface area contributed by atoms with Crippen LogP contribution in [-0.4, -0.2) is 148 Å². The molecule has 0 saturated carbocycles. The molecular formula is C43H65N5O11. The molecule has 13 atom stereocenters. The molecule has 328 valence electrons. The summed E-state index contributed by atoms with van der Waals surface area (Å²) in [6.07, 6.45) is 1.03. The van der Waals surface area contributed by atoms with Gasteiger partial charge in [0, 0.05) is 79.9 Å². The molecule has 3 N–H and O–H groups in total. The van der Waals surface area contributed by atoms with Gasteiger partial charge < -0.3 is 44.1 Å². The maximum atomic E-state index is 14.8. The number of rotatable bonds is 11. The number of nitrogens with one attached hydrogen (secondary N) is 1. The van der Waals surface area contributed by atoms with Crippen LogP contribution < -0.4 is 5.32 Å². The molecule has 0 bridgehead atoms. The first-order valence-electron chi connectivity index (χ1n) is 20.8. The Kier molecular flexibility index (Phi) is 14.9. The lowest BCUT2D eigenvalue weighted by Crippen LogP contribution is -2.69. The molecule has 0 aromatic carbocycles. The molecule has 0 spiro atoms. The fourth-order valence-electron chi connectivity index (χ4n) is 9.52. The number of esters is 1. The molecular weight excluding hydrogens is 762 g/mol. The van der Waals surface area contributed by atoms with Gasteiger partial charge in [-0.3, -0.25) is 34.0 Å². The Hall–Kier alpha value is -3.64. The maximum Gasteiger partial charge on any atom is 0.316 e. The van der Waals surface area contributed by atoms with Gasteiger partial charge in [0.2, 0.25) is 0 Å². The Morgan fingerprint density at radius 3 is 2.39 bits per heavy atom. The zero-order valence-electron chi connectivity index (χ0n) is 36.4. The zero-order chi connectivity index (χ0) is 43.6. The molecule has 59 heavy (non-hydrogen) atoms. The monoisotopic (exact) mass is 827 g/mol. The van der Waals surface area contributed by atoms with Crippen molar-refractivity contribution in [3.05, 3.63) is 30.2 Å². The number of pyridine rings is 2. The van der Waals surface area contributed by atoms with Gasteiger partial charge in [-0.15, -0.1) is 0 Å². The topological polar surface area (TPSA) is 199 Å². The van der Waals surface area contributed by atoms with Crippen molar-refractivity contribution in [1.82, 2.24) is 25.1 Å². The Morgan fingerprint density at radius 2 is 1.76 bits per heavy atom. The maximum absolute atomic E-state index is 14.8. The Labute approximate surface area is 347 Å². The number of methoxy groups -OCH3 is 1. The van der Waals surface area contributed by atoms with E-state index in [1.165, 1.54) is 20.2 Å². The third-order valence-corrected chi connectivity index (χ3v) is 13.2. The number of carbonyl (C=O) groups excluding carboxylic acids is 4. The molecule has 0 aliphatic carbocycles. The van der Waals surface area contributed by atoms with Gasteiger partial charge in [-0.1, -0.05) is 27.7 Å². The van der Waals surface area contributed by atoms with E-state index in [-0.39, 0.29) is 42.6 Å². The number of aromatic nitrogens is 2. The molecule has 3 saturated heterocycles. The van der Waals surface area contributed by atoms with Gasteiger partial charge >= 0.3 is 5.97 Å². The molecule has 16 nitrogen and oxygen atoms in total. The first kappa shape index (κ1) is 46.4. The molecule has 0 unspecified atom stereocenters. The second-order valence-electron chi connectivity index (χ2n) is 17.6. The highest BCUT2D eigenvalue weighted by Crippen LogP contribution is 2.39. The summed E-state index contributed by atoms with van der Waals surface area (Å²) in [5.41, 5.74) is -1.43. The van der Waals surface area contributed by atoms with Gasteiger partial charge in [0.05, 0.1) is 35.6 Å². The van der Waals surface area contributed by atoms with Crippen LogP contribution in [0.1, 0.15) is 80.2 Å². The van der Waals surface area contributed by atoms with Crippen LogP contribution in [0.2, 0.25) is 0 Å². The number of ether oxygens (including phenoxy) is 5. The molecule has 16 heteroatoms. The van der Waals surface area contributed by atoms with Gasteiger partial charge in [0.15, 0.2) is 17.7 Å². The Bertz CT molecular complexity index is 1810. The number of hydrogen-bond donors (Lipinski definition) is 3.